The smallest absolute Gasteiger partial charge is 0.287 e. The van der Waals surface area contributed by atoms with E-state index in [-0.39, 0.29) is 11.3 Å². The van der Waals surface area contributed by atoms with Gasteiger partial charge in [0, 0.05) is 18.5 Å². The van der Waals surface area contributed by atoms with Crippen LogP contribution in [0.4, 0.5) is 0 Å². The fraction of sp³-hybridized carbons (Fsp3) is 0.438. The number of carbonyl (C=O) groups excluding carboxylic acids is 1. The Bertz CT molecular complexity index is 579. The van der Waals surface area contributed by atoms with Crippen molar-refractivity contribution < 1.29 is 9.21 Å². The summed E-state index contributed by atoms with van der Waals surface area (Å²) in [5.74, 6) is 0.256. The van der Waals surface area contributed by atoms with Gasteiger partial charge < -0.3 is 15.1 Å². The summed E-state index contributed by atoms with van der Waals surface area (Å²) in [6.07, 6.45) is 2.30. The highest BCUT2D eigenvalue weighted by atomic mass is 16.3. The minimum Gasteiger partial charge on any atom is -0.451 e. The first-order chi connectivity index (χ1) is 9.66. The zero-order valence-electron chi connectivity index (χ0n) is 11.7. The van der Waals surface area contributed by atoms with Gasteiger partial charge in [0.1, 0.15) is 5.58 Å². The Labute approximate surface area is 118 Å². The molecule has 4 heteroatoms. The fourth-order valence-corrected chi connectivity index (χ4v) is 2.74. The second-order valence-corrected chi connectivity index (χ2v) is 5.92. The average molecular weight is 272 g/mol. The van der Waals surface area contributed by atoms with Gasteiger partial charge in [0.2, 0.25) is 0 Å². The van der Waals surface area contributed by atoms with Crippen LogP contribution in [-0.2, 0) is 0 Å². The molecule has 1 unspecified atom stereocenters. The van der Waals surface area contributed by atoms with Crippen molar-refractivity contribution in [1.82, 2.24) is 10.6 Å². The van der Waals surface area contributed by atoms with Gasteiger partial charge in [-0.3, -0.25) is 4.79 Å². The van der Waals surface area contributed by atoms with Crippen LogP contribution in [0.3, 0.4) is 0 Å². The summed E-state index contributed by atoms with van der Waals surface area (Å²) in [6, 6.07) is 9.46. The second-order valence-electron chi connectivity index (χ2n) is 5.92. The van der Waals surface area contributed by atoms with Gasteiger partial charge >= 0.3 is 0 Å². The zero-order chi connectivity index (χ0) is 14.0. The van der Waals surface area contributed by atoms with Crippen LogP contribution in [0.1, 0.15) is 30.3 Å². The van der Waals surface area contributed by atoms with Crippen LogP contribution in [0.2, 0.25) is 0 Å². The lowest BCUT2D eigenvalue weighted by molar-refractivity contribution is 0.0899. The standard InChI is InChI=1S/C16H20N2O2/c1-16(7-4-8-17-10-16)11-18-15(19)14-9-12-5-2-3-6-13(12)20-14/h2-3,5-6,9,17H,4,7-8,10-11H2,1H3,(H,18,19). The normalized spacial score (nSPS) is 22.9. The van der Waals surface area contributed by atoms with Crippen molar-refractivity contribution in [3.63, 3.8) is 0 Å². The van der Waals surface area contributed by atoms with Gasteiger partial charge in [0.25, 0.3) is 5.91 Å². The molecule has 20 heavy (non-hydrogen) atoms. The first-order valence-corrected chi connectivity index (χ1v) is 7.14. The second kappa shape index (κ2) is 5.29. The van der Waals surface area contributed by atoms with Crippen LogP contribution in [-0.4, -0.2) is 25.5 Å². The summed E-state index contributed by atoms with van der Waals surface area (Å²) >= 11 is 0. The van der Waals surface area contributed by atoms with Crippen molar-refractivity contribution in [1.29, 1.82) is 0 Å². The van der Waals surface area contributed by atoms with Gasteiger partial charge in [-0.2, -0.15) is 0 Å². The Morgan fingerprint density at radius 2 is 2.30 bits per heavy atom. The molecule has 0 spiro atoms. The number of benzene rings is 1. The Hall–Kier alpha value is -1.81. The molecular formula is C16H20N2O2. The summed E-state index contributed by atoms with van der Waals surface area (Å²) in [7, 11) is 0. The van der Waals surface area contributed by atoms with Gasteiger partial charge in [-0.15, -0.1) is 0 Å². The molecule has 2 aromatic rings. The summed E-state index contributed by atoms with van der Waals surface area (Å²) in [6.45, 7) is 4.91. The van der Waals surface area contributed by atoms with Crippen LogP contribution >= 0.6 is 0 Å². The van der Waals surface area contributed by atoms with E-state index in [4.69, 9.17) is 4.42 Å². The van der Waals surface area contributed by atoms with Crippen LogP contribution < -0.4 is 10.6 Å². The Balaban J connectivity index is 1.66. The molecule has 1 atom stereocenters. The number of rotatable bonds is 3. The van der Waals surface area contributed by atoms with E-state index in [2.05, 4.69) is 17.6 Å². The minimum absolute atomic E-state index is 0.131. The average Bonchev–Trinajstić information content (AvgIpc) is 2.89. The van der Waals surface area contributed by atoms with E-state index in [9.17, 15) is 4.79 Å². The molecule has 2 N–H and O–H groups in total. The van der Waals surface area contributed by atoms with E-state index < -0.39 is 0 Å². The molecule has 0 radical (unpaired) electrons. The van der Waals surface area contributed by atoms with Gasteiger partial charge in [-0.25, -0.2) is 0 Å². The Kier molecular flexibility index (Phi) is 3.49. The number of carbonyl (C=O) groups is 1. The van der Waals surface area contributed by atoms with E-state index in [0.29, 0.717) is 12.3 Å². The lowest BCUT2D eigenvalue weighted by atomic mass is 9.83. The SMILES string of the molecule is CC1(CNC(=O)c2cc3ccccc3o2)CCCNC1. The number of fused-ring (bicyclic) bond motifs is 1. The van der Waals surface area contributed by atoms with Crippen LogP contribution in [0.25, 0.3) is 11.0 Å². The van der Waals surface area contributed by atoms with Crippen molar-refractivity contribution in [3.8, 4) is 0 Å². The van der Waals surface area contributed by atoms with Gasteiger partial charge in [0.05, 0.1) is 0 Å². The monoisotopic (exact) mass is 272 g/mol. The van der Waals surface area contributed by atoms with Gasteiger partial charge in [-0.1, -0.05) is 25.1 Å². The molecule has 3 rings (SSSR count). The zero-order valence-corrected chi connectivity index (χ0v) is 11.7. The molecule has 1 aromatic heterocycles. The molecule has 106 valence electrons. The first kappa shape index (κ1) is 13.2. The topological polar surface area (TPSA) is 54.3 Å². The quantitative estimate of drug-likeness (QED) is 0.903. The van der Waals surface area contributed by atoms with Crippen molar-refractivity contribution in [2.24, 2.45) is 5.41 Å². The largest absolute Gasteiger partial charge is 0.451 e. The Morgan fingerprint density at radius 1 is 1.45 bits per heavy atom. The highest BCUT2D eigenvalue weighted by Gasteiger charge is 2.27. The summed E-state index contributed by atoms with van der Waals surface area (Å²) in [4.78, 5) is 12.2. The number of furan rings is 1. The van der Waals surface area contributed by atoms with E-state index in [1.807, 2.05) is 24.3 Å². The number of nitrogens with one attached hydrogen (secondary N) is 2. The predicted octanol–water partition coefficient (Wildman–Crippen LogP) is 2.55. The summed E-state index contributed by atoms with van der Waals surface area (Å²) < 4.78 is 5.57. The first-order valence-electron chi connectivity index (χ1n) is 7.14. The van der Waals surface area contributed by atoms with Gasteiger partial charge in [0.15, 0.2) is 5.76 Å². The number of hydrogen-bond acceptors (Lipinski definition) is 3. The molecule has 1 fully saturated rings. The maximum atomic E-state index is 12.2. The number of piperidine rings is 1. The predicted molar refractivity (Wildman–Crippen MR) is 78.8 cm³/mol. The highest BCUT2D eigenvalue weighted by molar-refractivity contribution is 5.96. The molecule has 2 heterocycles. The van der Waals surface area contributed by atoms with E-state index in [0.717, 1.165) is 36.9 Å². The number of hydrogen-bond donors (Lipinski definition) is 2. The third-order valence-corrected chi connectivity index (χ3v) is 4.01. The maximum absolute atomic E-state index is 12.2. The molecule has 4 nitrogen and oxygen atoms in total. The third kappa shape index (κ3) is 2.70. The Morgan fingerprint density at radius 3 is 3.05 bits per heavy atom. The third-order valence-electron chi connectivity index (χ3n) is 4.01. The molecule has 0 saturated carbocycles. The molecule has 1 aromatic carbocycles. The molecule has 1 aliphatic rings. The molecule has 0 aliphatic carbocycles. The lowest BCUT2D eigenvalue weighted by Gasteiger charge is -2.34. The molecule has 1 aliphatic heterocycles. The number of para-hydroxylation sites is 1. The van der Waals surface area contributed by atoms with Gasteiger partial charge in [-0.05, 0) is 36.9 Å². The van der Waals surface area contributed by atoms with Crippen molar-refractivity contribution in [3.05, 3.63) is 36.1 Å². The van der Waals surface area contributed by atoms with E-state index in [1.54, 1.807) is 6.07 Å². The maximum Gasteiger partial charge on any atom is 0.287 e. The fourth-order valence-electron chi connectivity index (χ4n) is 2.74. The van der Waals surface area contributed by atoms with Crippen LogP contribution in [0.5, 0.6) is 0 Å². The number of amides is 1. The van der Waals surface area contributed by atoms with Crippen molar-refractivity contribution in [2.75, 3.05) is 19.6 Å². The molecule has 0 bridgehead atoms. The lowest BCUT2D eigenvalue weighted by Crippen LogP contribution is -2.45. The molecule has 1 saturated heterocycles. The van der Waals surface area contributed by atoms with Crippen molar-refractivity contribution >= 4 is 16.9 Å². The van der Waals surface area contributed by atoms with E-state index in [1.165, 1.54) is 0 Å². The van der Waals surface area contributed by atoms with Crippen LogP contribution in [0.15, 0.2) is 34.7 Å². The van der Waals surface area contributed by atoms with E-state index >= 15 is 0 Å². The minimum atomic E-state index is -0.131. The molecule has 1 amide bonds. The highest BCUT2D eigenvalue weighted by Crippen LogP contribution is 2.24. The summed E-state index contributed by atoms with van der Waals surface area (Å²) in [5.41, 5.74) is 0.892. The summed E-state index contributed by atoms with van der Waals surface area (Å²) in [5, 5.41) is 7.34. The van der Waals surface area contributed by atoms with Crippen LogP contribution in [0, 0.1) is 5.41 Å². The van der Waals surface area contributed by atoms with Crippen molar-refractivity contribution in [2.45, 2.75) is 19.8 Å². The molecular weight excluding hydrogens is 252 g/mol.